The van der Waals surface area contributed by atoms with Gasteiger partial charge in [0.25, 0.3) is 0 Å². The first-order valence-corrected chi connectivity index (χ1v) is 21.1. The molecule has 2 aromatic heterocycles. The average molecular weight is 923 g/mol. The molecule has 4 aromatic carbocycles. The molecule has 4 aliphatic heterocycles. The van der Waals surface area contributed by atoms with Crippen LogP contribution >= 0.6 is 92.8 Å². The first kappa shape index (κ1) is 31.9. The second kappa shape index (κ2) is 11.1. The summed E-state index contributed by atoms with van der Waals surface area (Å²) >= 11 is 49.0. The molecule has 0 atom stereocenters. The molecule has 0 spiro atoms. The number of rotatable bonds is 0. The Hall–Kier alpha value is -2.84. The van der Waals surface area contributed by atoms with Gasteiger partial charge in [0, 0.05) is 0 Å². The molecule has 4 aliphatic rings. The van der Waals surface area contributed by atoms with Gasteiger partial charge in [0.05, 0.1) is 0 Å². The predicted octanol–water partition coefficient (Wildman–Crippen LogP) is 9.58. The van der Waals surface area contributed by atoms with Gasteiger partial charge in [-0.05, 0) is 0 Å². The van der Waals surface area contributed by atoms with Crippen molar-refractivity contribution in [2.24, 2.45) is 30.0 Å². The van der Waals surface area contributed by atoms with Crippen LogP contribution in [0.5, 0.6) is 0 Å². The summed E-state index contributed by atoms with van der Waals surface area (Å²) in [4.78, 5) is 29.8. The van der Waals surface area contributed by atoms with E-state index in [-0.39, 0.29) is 66.0 Å². The predicted molar refractivity (Wildman–Crippen MR) is 202 cm³/mol. The summed E-state index contributed by atoms with van der Waals surface area (Å²) < 4.78 is 18.8. The van der Waals surface area contributed by atoms with Crippen molar-refractivity contribution in [2.75, 3.05) is 0 Å². The van der Waals surface area contributed by atoms with E-state index in [1.54, 1.807) is 54.1 Å². The molecule has 0 radical (unpaired) electrons. The topological polar surface area (TPSA) is 101 Å². The van der Waals surface area contributed by atoms with Crippen LogP contribution in [-0.2, 0) is 3.08 Å². The van der Waals surface area contributed by atoms with Gasteiger partial charge >= 0.3 is 330 Å². The van der Waals surface area contributed by atoms with Crippen LogP contribution in [0.25, 0.3) is 21.5 Å². The van der Waals surface area contributed by atoms with Crippen molar-refractivity contribution < 1.29 is 3.08 Å². The van der Waals surface area contributed by atoms with Gasteiger partial charge in [-0.3, -0.25) is 0 Å². The van der Waals surface area contributed by atoms with Crippen molar-refractivity contribution >= 4 is 170 Å². The number of aromatic nitrogens is 2. The van der Waals surface area contributed by atoms with Crippen LogP contribution in [0.1, 0.15) is 22.3 Å². The van der Waals surface area contributed by atoms with E-state index in [9.17, 15) is 0 Å². The fourth-order valence-corrected chi connectivity index (χ4v) is 12.8. The first-order chi connectivity index (χ1) is 24.0. The number of hydrogen-bond acceptors (Lipinski definition) is 7. The Labute approximate surface area is 327 Å². The second-order valence-corrected chi connectivity index (χ2v) is 18.8. The minimum absolute atomic E-state index is 0.192. The summed E-state index contributed by atoms with van der Waals surface area (Å²) in [6.45, 7) is 0. The molecular formula is C32H8Cl8N8OSn. The van der Waals surface area contributed by atoms with Crippen molar-refractivity contribution in [3.05, 3.63) is 122 Å². The van der Waals surface area contributed by atoms with E-state index in [1.807, 2.05) is 0 Å². The van der Waals surface area contributed by atoms with Gasteiger partial charge in [-0.25, -0.2) is 0 Å². The van der Waals surface area contributed by atoms with Gasteiger partial charge < -0.3 is 0 Å². The molecule has 242 valence electrons. The zero-order valence-corrected chi connectivity index (χ0v) is 33.0. The molecule has 0 saturated carbocycles. The molecule has 9 nitrogen and oxygen atoms in total. The standard InChI is InChI=1S/C32H8Cl8N8.O.Sn/c33-13-1-2-14(34)22-21(13)29-43-25-9-5-17(37)18(38)6-10(9)27(41-25)45-31-23-15(35)3-4-16(36)24(23)32(48-31)46-28-12-8-20(40)19(39)7-11(12)26(42-28)44-30(22)47-29;;/h1-8H;;/q-2;;+2. The van der Waals surface area contributed by atoms with Crippen LogP contribution in [0.2, 0.25) is 40.2 Å². The summed E-state index contributed by atoms with van der Waals surface area (Å²) in [6, 6.07) is 13.2. The third-order valence-corrected chi connectivity index (χ3v) is 16.0. The van der Waals surface area contributed by atoms with Crippen LogP contribution in [-0.4, -0.2) is 49.2 Å². The van der Waals surface area contributed by atoms with Crippen molar-refractivity contribution in [3.63, 3.8) is 0 Å². The van der Waals surface area contributed by atoms with Gasteiger partial charge in [-0.1, -0.05) is 0 Å². The molecule has 0 saturated heterocycles. The Bertz CT molecular complexity index is 2810. The molecule has 0 fully saturated rings. The zero-order valence-electron chi connectivity index (χ0n) is 24.1. The maximum absolute atomic E-state index is 15.6. The Morgan fingerprint density at radius 2 is 0.720 bits per heavy atom. The first-order valence-electron chi connectivity index (χ1n) is 14.4. The zero-order chi connectivity index (χ0) is 34.5. The van der Waals surface area contributed by atoms with Gasteiger partial charge in [0.15, 0.2) is 0 Å². The number of halogens is 8. The van der Waals surface area contributed by atoms with E-state index < -0.39 is 20.3 Å². The van der Waals surface area contributed by atoms with Crippen molar-refractivity contribution in [1.29, 1.82) is 0 Å². The fraction of sp³-hybridized carbons (Fsp3) is 0. The molecule has 0 N–H and O–H groups in total. The average Bonchev–Trinajstić information content (AvgIpc) is 3.78. The molecule has 0 amide bonds. The van der Waals surface area contributed by atoms with Gasteiger partial charge in [-0.2, -0.15) is 0 Å². The number of hydrogen-bond donors (Lipinski definition) is 0. The van der Waals surface area contributed by atoms with E-state index in [0.29, 0.717) is 63.9 Å². The van der Waals surface area contributed by atoms with Crippen LogP contribution in [0.15, 0.2) is 78.5 Å². The number of benzene rings is 4. The van der Waals surface area contributed by atoms with Crippen LogP contribution in [0, 0.1) is 0 Å². The monoisotopic (exact) mass is 920 g/mol. The van der Waals surface area contributed by atoms with Crippen LogP contribution < -0.4 is 11.0 Å². The Kier molecular flexibility index (Phi) is 7.06. The summed E-state index contributed by atoms with van der Waals surface area (Å²) in [7, 11) is 0. The minimum atomic E-state index is -4.68. The third kappa shape index (κ3) is 4.30. The van der Waals surface area contributed by atoms with Crippen molar-refractivity contribution in [2.45, 2.75) is 0 Å². The molecule has 6 aromatic rings. The summed E-state index contributed by atoms with van der Waals surface area (Å²) in [5, 5.41) is 4.25. The molecule has 6 bridgehead atoms. The van der Waals surface area contributed by atoms with E-state index in [4.69, 9.17) is 123 Å². The molecule has 6 heterocycles. The van der Waals surface area contributed by atoms with Crippen LogP contribution in [0.4, 0.5) is 11.6 Å². The van der Waals surface area contributed by atoms with E-state index in [0.717, 1.165) is 0 Å². The molecule has 10 rings (SSSR count). The van der Waals surface area contributed by atoms with E-state index in [1.165, 1.54) is 0 Å². The van der Waals surface area contributed by atoms with Crippen molar-refractivity contribution in [3.8, 4) is 0 Å². The number of fused-ring (bicyclic) bond motifs is 14. The number of nitrogens with zero attached hydrogens (tertiary/aromatic N) is 8. The molecule has 0 unspecified atom stereocenters. The Balaban J connectivity index is 1.52. The number of amidine groups is 4. The number of aliphatic imine (C=N–C) groups is 4. The molecule has 18 heteroatoms. The summed E-state index contributed by atoms with van der Waals surface area (Å²) in [5.41, 5.74) is 2.25. The Morgan fingerprint density at radius 1 is 0.400 bits per heavy atom. The summed E-state index contributed by atoms with van der Waals surface area (Å²) in [5.74, 6) is 1.23. The van der Waals surface area contributed by atoms with Gasteiger partial charge in [0.1, 0.15) is 0 Å². The van der Waals surface area contributed by atoms with Crippen molar-refractivity contribution in [1.82, 2.24) is 5.58 Å². The molecule has 0 aliphatic carbocycles. The maximum atomic E-state index is 15.6. The van der Waals surface area contributed by atoms with E-state index >= 15 is 3.08 Å². The quantitative estimate of drug-likeness (QED) is 0.139. The van der Waals surface area contributed by atoms with Gasteiger partial charge in [-0.15, -0.1) is 0 Å². The molecule has 50 heavy (non-hydrogen) atoms. The van der Waals surface area contributed by atoms with Gasteiger partial charge in [0.2, 0.25) is 0 Å². The Morgan fingerprint density at radius 3 is 1.08 bits per heavy atom. The fourth-order valence-electron chi connectivity index (χ4n) is 6.55. The normalized spacial score (nSPS) is 15.2. The van der Waals surface area contributed by atoms with E-state index in [2.05, 4.69) is 0 Å². The molecular weight excluding hydrogens is 915 g/mol. The third-order valence-electron chi connectivity index (χ3n) is 8.69. The SMILES string of the molecule is [O]=[Sn]1[n]2c3c4cc(Cl)c(Cl)cc4c2N=C2N=C(N=c4c5cc(Cl)c(Cl)cc5c([n]41)=NC1=NC(=N3)c3c(Cl)ccc(Cl)c31)c1c(Cl)ccc(Cl)c12. The van der Waals surface area contributed by atoms with Crippen LogP contribution in [0.3, 0.4) is 0 Å². The summed E-state index contributed by atoms with van der Waals surface area (Å²) in [6.07, 6.45) is 0. The second-order valence-electron chi connectivity index (χ2n) is 11.4.